The first-order valence-corrected chi connectivity index (χ1v) is 9.76. The maximum absolute atomic E-state index is 12.5. The molecule has 7 heteroatoms. The van der Waals surface area contributed by atoms with Crippen LogP contribution in [0.25, 0.3) is 0 Å². The monoisotopic (exact) mass is 431 g/mol. The molecule has 1 aliphatic heterocycles. The average Bonchev–Trinajstić information content (AvgIpc) is 2.70. The van der Waals surface area contributed by atoms with Crippen molar-refractivity contribution in [2.24, 2.45) is 0 Å². The Morgan fingerprint density at radius 2 is 1.78 bits per heavy atom. The number of ether oxygens (including phenoxy) is 1. The number of carbonyl (C=O) groups excluding carboxylic acids is 2. The van der Waals surface area contributed by atoms with Gasteiger partial charge in [-0.2, -0.15) is 0 Å². The zero-order valence-corrected chi connectivity index (χ0v) is 16.8. The molecule has 0 saturated carbocycles. The number of esters is 1. The summed E-state index contributed by atoms with van der Waals surface area (Å²) in [4.78, 5) is 32.6. The molecule has 0 spiro atoms. The van der Waals surface area contributed by atoms with Gasteiger partial charge in [0.25, 0.3) is 0 Å². The second-order valence-corrected chi connectivity index (χ2v) is 7.21. The third kappa shape index (κ3) is 5.07. The van der Waals surface area contributed by atoms with Crippen LogP contribution in [-0.2, 0) is 16.0 Å². The summed E-state index contributed by atoms with van der Waals surface area (Å²) in [5, 5.41) is 0. The molecule has 1 aromatic carbocycles. The minimum Gasteiger partial charge on any atom is -0.462 e. The number of halogens is 1. The lowest BCUT2D eigenvalue weighted by molar-refractivity contribution is -0.130. The zero-order chi connectivity index (χ0) is 19.2. The fourth-order valence-electron chi connectivity index (χ4n) is 2.98. The third-order valence-electron chi connectivity index (χ3n) is 4.48. The number of hydrogen-bond donors (Lipinski definition) is 0. The zero-order valence-electron chi connectivity index (χ0n) is 15.2. The molecule has 1 fully saturated rings. The molecule has 0 N–H and O–H groups in total. The lowest BCUT2D eigenvalue weighted by Gasteiger charge is -2.35. The standard InChI is InChI=1S/C20H22BrN3O3/c1-2-27-20(26)16-5-8-18(22-14-16)23-9-11-24(12-10-23)19(25)13-15-3-6-17(21)7-4-15/h3-8,14H,2,9-13H2,1H3. The normalized spacial score (nSPS) is 14.1. The molecular formula is C20H22BrN3O3. The van der Waals surface area contributed by atoms with Crippen molar-refractivity contribution in [1.29, 1.82) is 0 Å². The highest BCUT2D eigenvalue weighted by Crippen LogP contribution is 2.16. The van der Waals surface area contributed by atoms with Crippen LogP contribution in [-0.4, -0.2) is 54.5 Å². The van der Waals surface area contributed by atoms with Crippen molar-refractivity contribution in [3.63, 3.8) is 0 Å². The maximum Gasteiger partial charge on any atom is 0.339 e. The number of rotatable bonds is 5. The van der Waals surface area contributed by atoms with Crippen LogP contribution < -0.4 is 4.90 Å². The van der Waals surface area contributed by atoms with Crippen LogP contribution in [0.1, 0.15) is 22.8 Å². The van der Waals surface area contributed by atoms with Crippen molar-refractivity contribution in [3.8, 4) is 0 Å². The predicted molar refractivity (Wildman–Crippen MR) is 107 cm³/mol. The molecule has 1 amide bonds. The van der Waals surface area contributed by atoms with Crippen molar-refractivity contribution in [2.75, 3.05) is 37.7 Å². The van der Waals surface area contributed by atoms with Gasteiger partial charge in [0.1, 0.15) is 5.82 Å². The highest BCUT2D eigenvalue weighted by atomic mass is 79.9. The molecule has 2 aromatic rings. The Morgan fingerprint density at radius 1 is 1.07 bits per heavy atom. The molecule has 0 bridgehead atoms. The Hall–Kier alpha value is -2.41. The number of piperazine rings is 1. The van der Waals surface area contributed by atoms with Gasteiger partial charge in [0.2, 0.25) is 5.91 Å². The van der Waals surface area contributed by atoms with Gasteiger partial charge in [-0.15, -0.1) is 0 Å². The summed E-state index contributed by atoms with van der Waals surface area (Å²) in [6.45, 7) is 4.89. The number of amides is 1. The fraction of sp³-hybridized carbons (Fsp3) is 0.350. The molecule has 1 aliphatic rings. The summed E-state index contributed by atoms with van der Waals surface area (Å²) < 4.78 is 5.98. The van der Waals surface area contributed by atoms with Gasteiger partial charge < -0.3 is 14.5 Å². The molecular weight excluding hydrogens is 410 g/mol. The quantitative estimate of drug-likeness (QED) is 0.680. The van der Waals surface area contributed by atoms with Crippen molar-refractivity contribution >= 4 is 33.6 Å². The van der Waals surface area contributed by atoms with Crippen LogP contribution in [0, 0.1) is 0 Å². The van der Waals surface area contributed by atoms with E-state index in [1.165, 1.54) is 0 Å². The van der Waals surface area contributed by atoms with E-state index in [1.54, 1.807) is 19.2 Å². The van der Waals surface area contributed by atoms with Crippen LogP contribution in [0.3, 0.4) is 0 Å². The van der Waals surface area contributed by atoms with E-state index >= 15 is 0 Å². The molecule has 142 valence electrons. The second kappa shape index (κ2) is 8.99. The Labute approximate surface area is 167 Å². The van der Waals surface area contributed by atoms with Crippen molar-refractivity contribution in [1.82, 2.24) is 9.88 Å². The van der Waals surface area contributed by atoms with E-state index in [9.17, 15) is 9.59 Å². The van der Waals surface area contributed by atoms with Gasteiger partial charge in [0.15, 0.2) is 0 Å². The van der Waals surface area contributed by atoms with Crippen LogP contribution in [0.15, 0.2) is 47.1 Å². The van der Waals surface area contributed by atoms with E-state index in [1.807, 2.05) is 35.2 Å². The lowest BCUT2D eigenvalue weighted by atomic mass is 10.1. The Kier molecular flexibility index (Phi) is 6.45. The van der Waals surface area contributed by atoms with Crippen molar-refractivity contribution < 1.29 is 14.3 Å². The molecule has 6 nitrogen and oxygen atoms in total. The topological polar surface area (TPSA) is 62.7 Å². The second-order valence-electron chi connectivity index (χ2n) is 6.30. The molecule has 3 rings (SSSR count). The van der Waals surface area contributed by atoms with E-state index in [0.29, 0.717) is 31.7 Å². The van der Waals surface area contributed by atoms with Crippen LogP contribution in [0.5, 0.6) is 0 Å². The number of aromatic nitrogens is 1. The number of pyridine rings is 1. The number of anilines is 1. The molecule has 27 heavy (non-hydrogen) atoms. The summed E-state index contributed by atoms with van der Waals surface area (Å²) in [7, 11) is 0. The average molecular weight is 432 g/mol. The minimum atomic E-state index is -0.361. The number of hydrogen-bond acceptors (Lipinski definition) is 5. The summed E-state index contributed by atoms with van der Waals surface area (Å²) >= 11 is 3.40. The van der Waals surface area contributed by atoms with Gasteiger partial charge >= 0.3 is 5.97 Å². The summed E-state index contributed by atoms with van der Waals surface area (Å²) in [5.41, 5.74) is 1.46. The Bertz CT molecular complexity index is 785. The summed E-state index contributed by atoms with van der Waals surface area (Å²) in [6, 6.07) is 11.4. The Balaban J connectivity index is 1.53. The first-order valence-electron chi connectivity index (χ1n) is 8.97. The molecule has 0 radical (unpaired) electrons. The van der Waals surface area contributed by atoms with Crippen molar-refractivity contribution in [3.05, 3.63) is 58.2 Å². The molecule has 0 atom stereocenters. The van der Waals surface area contributed by atoms with Crippen LogP contribution in [0.4, 0.5) is 5.82 Å². The van der Waals surface area contributed by atoms with E-state index < -0.39 is 0 Å². The third-order valence-corrected chi connectivity index (χ3v) is 5.01. The maximum atomic E-state index is 12.5. The van der Waals surface area contributed by atoms with E-state index in [-0.39, 0.29) is 11.9 Å². The van der Waals surface area contributed by atoms with Gasteiger partial charge in [-0.3, -0.25) is 4.79 Å². The number of benzene rings is 1. The molecule has 0 unspecified atom stereocenters. The molecule has 1 saturated heterocycles. The molecule has 1 aromatic heterocycles. The highest BCUT2D eigenvalue weighted by molar-refractivity contribution is 9.10. The van der Waals surface area contributed by atoms with Gasteiger partial charge in [0, 0.05) is 36.8 Å². The molecule has 0 aliphatic carbocycles. The van der Waals surface area contributed by atoms with Gasteiger partial charge in [-0.1, -0.05) is 28.1 Å². The van der Waals surface area contributed by atoms with Crippen LogP contribution >= 0.6 is 15.9 Å². The van der Waals surface area contributed by atoms with Gasteiger partial charge in [0.05, 0.1) is 18.6 Å². The molecule has 2 heterocycles. The fourth-order valence-corrected chi connectivity index (χ4v) is 3.25. The van der Waals surface area contributed by atoms with E-state index in [2.05, 4.69) is 25.8 Å². The lowest BCUT2D eigenvalue weighted by Crippen LogP contribution is -2.49. The largest absolute Gasteiger partial charge is 0.462 e. The number of carbonyl (C=O) groups is 2. The van der Waals surface area contributed by atoms with Crippen LogP contribution in [0.2, 0.25) is 0 Å². The first-order chi connectivity index (χ1) is 13.1. The SMILES string of the molecule is CCOC(=O)c1ccc(N2CCN(C(=O)Cc3ccc(Br)cc3)CC2)nc1. The highest BCUT2D eigenvalue weighted by Gasteiger charge is 2.22. The summed E-state index contributed by atoms with van der Waals surface area (Å²) in [5.74, 6) is 0.588. The first kappa shape index (κ1) is 19.4. The van der Waals surface area contributed by atoms with Gasteiger partial charge in [-0.05, 0) is 36.8 Å². The predicted octanol–water partition coefficient (Wildman–Crippen LogP) is 2.91. The number of nitrogens with zero attached hydrogens (tertiary/aromatic N) is 3. The van der Waals surface area contributed by atoms with Gasteiger partial charge in [-0.25, -0.2) is 9.78 Å². The smallest absolute Gasteiger partial charge is 0.339 e. The summed E-state index contributed by atoms with van der Waals surface area (Å²) in [6.07, 6.45) is 1.96. The van der Waals surface area contributed by atoms with Crippen molar-refractivity contribution in [2.45, 2.75) is 13.3 Å². The minimum absolute atomic E-state index is 0.141. The Morgan fingerprint density at radius 3 is 2.37 bits per heavy atom. The van der Waals surface area contributed by atoms with E-state index in [4.69, 9.17) is 4.74 Å². The van der Waals surface area contributed by atoms with E-state index in [0.717, 1.165) is 28.9 Å².